The predicted octanol–water partition coefficient (Wildman–Crippen LogP) is 0.300. The monoisotopic (exact) mass is 297 g/mol. The van der Waals surface area contributed by atoms with Crippen LogP contribution in [0.3, 0.4) is 0 Å². The molecule has 108 valence electrons. The third kappa shape index (κ3) is 5.61. The predicted molar refractivity (Wildman–Crippen MR) is 73.9 cm³/mol. The quantitative estimate of drug-likeness (QED) is 0.625. The fourth-order valence-corrected chi connectivity index (χ4v) is 1.96. The lowest BCUT2D eigenvalue weighted by Gasteiger charge is -2.11. The molecule has 20 heavy (non-hydrogen) atoms. The van der Waals surface area contributed by atoms with Gasteiger partial charge in [0.2, 0.25) is 11.8 Å². The molecular formula is C12H15N3O4S. The molecule has 4 N–H and O–H groups in total. The molecule has 2 amide bonds. The Morgan fingerprint density at radius 3 is 2.75 bits per heavy atom. The molecule has 0 spiro atoms. The maximum atomic E-state index is 11.6. The third-order valence-corrected chi connectivity index (χ3v) is 3.13. The van der Waals surface area contributed by atoms with Crippen molar-refractivity contribution in [3.05, 3.63) is 22.2 Å². The fourth-order valence-electron chi connectivity index (χ4n) is 1.38. The smallest absolute Gasteiger partial charge is 0.326 e. The summed E-state index contributed by atoms with van der Waals surface area (Å²) in [5.41, 5.74) is 5.57. The molecule has 0 aromatic carbocycles. The number of aliphatic carboxylic acids is 1. The first-order chi connectivity index (χ1) is 9.38. The van der Waals surface area contributed by atoms with E-state index < -0.39 is 23.8 Å². The molecule has 0 radical (unpaired) electrons. The van der Waals surface area contributed by atoms with Crippen LogP contribution >= 0.6 is 11.3 Å². The van der Waals surface area contributed by atoms with Gasteiger partial charge in [-0.15, -0.1) is 11.3 Å². The second-order valence-corrected chi connectivity index (χ2v) is 5.09. The number of nitrogens with two attached hydrogens (primary N) is 1. The van der Waals surface area contributed by atoms with Crippen molar-refractivity contribution in [1.82, 2.24) is 10.3 Å². The van der Waals surface area contributed by atoms with Crippen LogP contribution in [-0.2, 0) is 14.4 Å². The van der Waals surface area contributed by atoms with Crippen LogP contribution in [-0.4, -0.2) is 33.9 Å². The van der Waals surface area contributed by atoms with Gasteiger partial charge in [0, 0.05) is 17.9 Å². The summed E-state index contributed by atoms with van der Waals surface area (Å²) >= 11 is 1.45. The molecule has 0 bridgehead atoms. The Bertz CT molecular complexity index is 539. The maximum Gasteiger partial charge on any atom is 0.326 e. The molecule has 0 saturated carbocycles. The summed E-state index contributed by atoms with van der Waals surface area (Å²) in [5, 5.41) is 13.9. The molecule has 1 unspecified atom stereocenters. The molecule has 1 atom stereocenters. The minimum atomic E-state index is -1.21. The summed E-state index contributed by atoms with van der Waals surface area (Å²) in [6.07, 6.45) is 2.55. The fraction of sp³-hybridized carbons (Fsp3) is 0.333. The van der Waals surface area contributed by atoms with Crippen LogP contribution in [0.1, 0.15) is 23.5 Å². The number of hydrogen-bond donors (Lipinski definition) is 3. The van der Waals surface area contributed by atoms with Crippen molar-refractivity contribution in [2.24, 2.45) is 5.73 Å². The first kappa shape index (κ1) is 15.8. The number of nitrogens with zero attached hydrogens (tertiary/aromatic N) is 1. The standard InChI is InChI=1S/C12H15N3O4S/c1-7-14-8(6-20-7)2-5-11(17)15-9(12(18)19)3-4-10(13)16/h2,5-6,9H,3-4H2,1H3,(H2,13,16)(H,15,17)(H,18,19)/b5-2+. The summed E-state index contributed by atoms with van der Waals surface area (Å²) in [6.45, 7) is 1.84. The van der Waals surface area contributed by atoms with E-state index in [2.05, 4.69) is 10.3 Å². The first-order valence-corrected chi connectivity index (χ1v) is 6.68. The van der Waals surface area contributed by atoms with Crippen molar-refractivity contribution < 1.29 is 19.5 Å². The van der Waals surface area contributed by atoms with Crippen LogP contribution in [0.2, 0.25) is 0 Å². The molecule has 0 aliphatic carbocycles. The van der Waals surface area contributed by atoms with Crippen LogP contribution in [0, 0.1) is 6.92 Å². The molecule has 1 aromatic heterocycles. The van der Waals surface area contributed by atoms with Gasteiger partial charge in [0.15, 0.2) is 0 Å². The molecule has 8 heteroatoms. The molecule has 0 aliphatic rings. The van der Waals surface area contributed by atoms with Crippen molar-refractivity contribution in [2.45, 2.75) is 25.8 Å². The molecule has 1 heterocycles. The maximum absolute atomic E-state index is 11.6. The van der Waals surface area contributed by atoms with Gasteiger partial charge in [-0.1, -0.05) is 0 Å². The van der Waals surface area contributed by atoms with Crippen molar-refractivity contribution in [1.29, 1.82) is 0 Å². The summed E-state index contributed by atoms with van der Waals surface area (Å²) in [7, 11) is 0. The zero-order valence-corrected chi connectivity index (χ0v) is 11.6. The van der Waals surface area contributed by atoms with Crippen molar-refractivity contribution in [2.75, 3.05) is 0 Å². The summed E-state index contributed by atoms with van der Waals surface area (Å²) in [5.74, 6) is -2.39. The lowest BCUT2D eigenvalue weighted by atomic mass is 10.1. The minimum Gasteiger partial charge on any atom is -0.480 e. The van der Waals surface area contributed by atoms with Gasteiger partial charge in [0.05, 0.1) is 10.7 Å². The van der Waals surface area contributed by atoms with Gasteiger partial charge >= 0.3 is 5.97 Å². The Labute approximate surface area is 119 Å². The second-order valence-electron chi connectivity index (χ2n) is 4.03. The van der Waals surface area contributed by atoms with E-state index in [1.54, 1.807) is 5.38 Å². The largest absolute Gasteiger partial charge is 0.480 e. The first-order valence-electron chi connectivity index (χ1n) is 5.80. The molecule has 1 rings (SSSR count). The van der Waals surface area contributed by atoms with Gasteiger partial charge in [-0.2, -0.15) is 0 Å². The molecule has 1 aromatic rings. The van der Waals surface area contributed by atoms with Gasteiger partial charge < -0.3 is 16.2 Å². The zero-order chi connectivity index (χ0) is 15.1. The number of carboxylic acid groups (broad SMARTS) is 1. The number of hydrogen-bond acceptors (Lipinski definition) is 5. The minimum absolute atomic E-state index is 0.0416. The highest BCUT2D eigenvalue weighted by molar-refractivity contribution is 7.09. The van der Waals surface area contributed by atoms with E-state index in [9.17, 15) is 14.4 Å². The van der Waals surface area contributed by atoms with Gasteiger partial charge in [0.1, 0.15) is 6.04 Å². The number of amides is 2. The number of nitrogens with one attached hydrogen (secondary N) is 1. The van der Waals surface area contributed by atoms with E-state index in [1.165, 1.54) is 23.5 Å². The number of carboxylic acids is 1. The summed E-state index contributed by atoms with van der Waals surface area (Å²) in [6, 6.07) is -1.14. The van der Waals surface area contributed by atoms with E-state index >= 15 is 0 Å². The average Bonchev–Trinajstić information content (AvgIpc) is 2.77. The van der Waals surface area contributed by atoms with Gasteiger partial charge in [-0.3, -0.25) is 9.59 Å². The molecule has 0 aliphatic heterocycles. The summed E-state index contributed by atoms with van der Waals surface area (Å²) in [4.78, 5) is 37.3. The van der Waals surface area contributed by atoms with Crippen LogP contribution in [0.4, 0.5) is 0 Å². The normalized spacial score (nSPS) is 12.2. The van der Waals surface area contributed by atoms with Crippen LogP contribution < -0.4 is 11.1 Å². The molecule has 0 fully saturated rings. The van der Waals surface area contributed by atoms with E-state index in [4.69, 9.17) is 10.8 Å². The van der Waals surface area contributed by atoms with Crippen molar-refractivity contribution >= 4 is 35.2 Å². The Morgan fingerprint density at radius 2 is 2.25 bits per heavy atom. The van der Waals surface area contributed by atoms with Crippen molar-refractivity contribution in [3.63, 3.8) is 0 Å². The van der Waals surface area contributed by atoms with Gasteiger partial charge in [-0.05, 0) is 19.4 Å². The van der Waals surface area contributed by atoms with E-state index in [0.717, 1.165) is 5.01 Å². The second kappa shape index (κ2) is 7.39. The Hall–Kier alpha value is -2.22. The molecular weight excluding hydrogens is 282 g/mol. The zero-order valence-electron chi connectivity index (χ0n) is 10.8. The van der Waals surface area contributed by atoms with Crippen LogP contribution in [0.15, 0.2) is 11.5 Å². The Balaban J connectivity index is 2.55. The lowest BCUT2D eigenvalue weighted by molar-refractivity contribution is -0.141. The van der Waals surface area contributed by atoms with Crippen molar-refractivity contribution in [3.8, 4) is 0 Å². The Kier molecular flexibility index (Phi) is 5.85. The topological polar surface area (TPSA) is 122 Å². The number of rotatable bonds is 7. The van der Waals surface area contributed by atoms with Gasteiger partial charge in [-0.25, -0.2) is 9.78 Å². The van der Waals surface area contributed by atoms with Gasteiger partial charge in [0.25, 0.3) is 0 Å². The highest BCUT2D eigenvalue weighted by Gasteiger charge is 2.19. The highest BCUT2D eigenvalue weighted by atomic mass is 32.1. The number of carbonyl (C=O) groups excluding carboxylic acids is 2. The summed E-state index contributed by atoms with van der Waals surface area (Å²) < 4.78 is 0. The number of aryl methyl sites for hydroxylation is 1. The number of aromatic nitrogens is 1. The SMILES string of the molecule is Cc1nc(/C=C/C(=O)NC(CCC(N)=O)C(=O)O)cs1. The third-order valence-electron chi connectivity index (χ3n) is 2.34. The highest BCUT2D eigenvalue weighted by Crippen LogP contribution is 2.09. The average molecular weight is 297 g/mol. The van der Waals surface area contributed by atoms with E-state index in [-0.39, 0.29) is 12.8 Å². The lowest BCUT2D eigenvalue weighted by Crippen LogP contribution is -2.40. The van der Waals surface area contributed by atoms with Crippen LogP contribution in [0.5, 0.6) is 0 Å². The molecule has 0 saturated heterocycles. The number of carbonyl (C=O) groups is 3. The van der Waals surface area contributed by atoms with E-state index in [0.29, 0.717) is 5.69 Å². The number of primary amides is 1. The molecule has 7 nitrogen and oxygen atoms in total. The number of thiazole rings is 1. The Morgan fingerprint density at radius 1 is 1.55 bits per heavy atom. The van der Waals surface area contributed by atoms with E-state index in [1.807, 2.05) is 6.92 Å². The van der Waals surface area contributed by atoms with Crippen LogP contribution in [0.25, 0.3) is 6.08 Å².